The van der Waals surface area contributed by atoms with Crippen LogP contribution in [-0.4, -0.2) is 31.6 Å². The minimum absolute atomic E-state index is 0.161. The second kappa shape index (κ2) is 11.5. The van der Waals surface area contributed by atoms with E-state index in [1.165, 1.54) is 0 Å². The number of ether oxygens (including phenoxy) is 2. The zero-order valence-electron chi connectivity index (χ0n) is 17.9. The molecule has 0 bridgehead atoms. The van der Waals surface area contributed by atoms with Crippen LogP contribution < -0.4 is 20.1 Å². The van der Waals surface area contributed by atoms with Gasteiger partial charge in [0.2, 0.25) is 5.91 Å². The maximum Gasteiger partial charge on any atom is 0.251 e. The van der Waals surface area contributed by atoms with Crippen LogP contribution in [0.5, 0.6) is 11.5 Å². The molecule has 0 aliphatic carbocycles. The van der Waals surface area contributed by atoms with Crippen LogP contribution in [0.4, 0.5) is 0 Å². The molecule has 3 rings (SSSR count). The number of nitrogens with one attached hydrogen (secondary N) is 2. The van der Waals surface area contributed by atoms with Gasteiger partial charge in [-0.2, -0.15) is 0 Å². The Balaban J connectivity index is 1.65. The number of hydrogen-bond acceptors (Lipinski definition) is 5. The third-order valence-electron chi connectivity index (χ3n) is 4.55. The minimum atomic E-state index is -0.372. The first-order valence-corrected chi connectivity index (χ1v) is 11.5. The Morgan fingerprint density at radius 1 is 1.00 bits per heavy atom. The summed E-state index contributed by atoms with van der Waals surface area (Å²) in [5.41, 5.74) is 1.29. The van der Waals surface area contributed by atoms with Gasteiger partial charge in [0.15, 0.2) is 11.5 Å². The summed E-state index contributed by atoms with van der Waals surface area (Å²) in [6.45, 7) is 4.51. The van der Waals surface area contributed by atoms with Crippen molar-refractivity contribution in [3.05, 3.63) is 81.0 Å². The average Bonchev–Trinajstić information content (AvgIpc) is 3.33. The first-order chi connectivity index (χ1) is 15.5. The van der Waals surface area contributed by atoms with Crippen molar-refractivity contribution in [1.82, 2.24) is 10.6 Å². The Bertz CT molecular complexity index is 1040. The fraction of sp³-hybridized carbons (Fsp3) is 0.250. The predicted octanol–water partition coefficient (Wildman–Crippen LogP) is 4.83. The molecule has 1 atom stereocenters. The van der Waals surface area contributed by atoms with E-state index in [4.69, 9.17) is 21.1 Å². The van der Waals surface area contributed by atoms with Crippen LogP contribution in [0.15, 0.2) is 60.0 Å². The van der Waals surface area contributed by atoms with Crippen molar-refractivity contribution in [1.29, 1.82) is 0 Å². The zero-order chi connectivity index (χ0) is 22.9. The molecule has 168 valence electrons. The van der Waals surface area contributed by atoms with E-state index < -0.39 is 0 Å². The number of carbonyl (C=O) groups is 2. The predicted molar refractivity (Wildman–Crippen MR) is 127 cm³/mol. The van der Waals surface area contributed by atoms with E-state index >= 15 is 0 Å². The molecule has 1 unspecified atom stereocenters. The lowest BCUT2D eigenvalue weighted by Gasteiger charge is -2.18. The van der Waals surface area contributed by atoms with Crippen LogP contribution in [0.2, 0.25) is 5.02 Å². The molecular weight excluding hydrogens is 448 g/mol. The van der Waals surface area contributed by atoms with E-state index in [2.05, 4.69) is 10.6 Å². The third kappa shape index (κ3) is 6.24. The highest BCUT2D eigenvalue weighted by Gasteiger charge is 2.19. The Labute approximate surface area is 196 Å². The van der Waals surface area contributed by atoms with Crippen molar-refractivity contribution in [2.75, 3.05) is 19.8 Å². The van der Waals surface area contributed by atoms with Gasteiger partial charge in [-0.3, -0.25) is 9.59 Å². The lowest BCUT2D eigenvalue weighted by Crippen LogP contribution is -2.38. The number of benzene rings is 2. The maximum absolute atomic E-state index is 12.6. The molecule has 6 nitrogen and oxygen atoms in total. The molecule has 32 heavy (non-hydrogen) atoms. The lowest BCUT2D eigenvalue weighted by atomic mass is 10.1. The molecule has 2 aromatic carbocycles. The van der Waals surface area contributed by atoms with E-state index in [-0.39, 0.29) is 24.4 Å². The molecule has 0 aliphatic rings. The Morgan fingerprint density at radius 2 is 1.72 bits per heavy atom. The molecular formula is C24H25ClN2O4S. The average molecular weight is 473 g/mol. The summed E-state index contributed by atoms with van der Waals surface area (Å²) >= 11 is 7.54. The molecule has 8 heteroatoms. The molecule has 0 radical (unpaired) electrons. The topological polar surface area (TPSA) is 76.7 Å². The number of hydrogen-bond donors (Lipinski definition) is 2. The lowest BCUT2D eigenvalue weighted by molar-refractivity contribution is -0.120. The van der Waals surface area contributed by atoms with E-state index in [1.54, 1.807) is 41.7 Å². The highest BCUT2D eigenvalue weighted by Crippen LogP contribution is 2.29. The normalized spacial score (nSPS) is 11.5. The third-order valence-corrected chi connectivity index (χ3v) is 5.74. The van der Waals surface area contributed by atoms with Crippen molar-refractivity contribution in [2.45, 2.75) is 19.9 Å². The Hall–Kier alpha value is -3.03. The number of rotatable bonds is 10. The molecule has 2 N–H and O–H groups in total. The minimum Gasteiger partial charge on any atom is -0.490 e. The molecule has 1 heterocycles. The first kappa shape index (κ1) is 23.6. The number of carbonyl (C=O) groups excluding carboxylic acids is 2. The molecule has 0 spiro atoms. The summed E-state index contributed by atoms with van der Waals surface area (Å²) in [6.07, 6.45) is 0. The fourth-order valence-electron chi connectivity index (χ4n) is 3.10. The second-order valence-corrected chi connectivity index (χ2v) is 8.19. The molecule has 0 saturated heterocycles. The van der Waals surface area contributed by atoms with Crippen molar-refractivity contribution in [3.8, 4) is 11.5 Å². The van der Waals surface area contributed by atoms with Crippen LogP contribution in [0.1, 0.15) is 40.7 Å². The van der Waals surface area contributed by atoms with E-state index in [0.717, 1.165) is 10.4 Å². The van der Waals surface area contributed by atoms with Gasteiger partial charge in [-0.1, -0.05) is 29.8 Å². The molecule has 2 amide bonds. The molecule has 0 saturated carbocycles. The van der Waals surface area contributed by atoms with Crippen molar-refractivity contribution in [2.24, 2.45) is 0 Å². The summed E-state index contributed by atoms with van der Waals surface area (Å²) in [6, 6.07) is 15.8. The molecule has 0 aliphatic heterocycles. The van der Waals surface area contributed by atoms with E-state index in [1.807, 2.05) is 43.5 Å². The van der Waals surface area contributed by atoms with Gasteiger partial charge in [0.25, 0.3) is 5.91 Å². The van der Waals surface area contributed by atoms with Crippen molar-refractivity contribution in [3.63, 3.8) is 0 Å². The van der Waals surface area contributed by atoms with Crippen molar-refractivity contribution >= 4 is 34.8 Å². The van der Waals surface area contributed by atoms with Crippen LogP contribution in [0, 0.1) is 0 Å². The van der Waals surface area contributed by atoms with Gasteiger partial charge in [0, 0.05) is 15.5 Å². The van der Waals surface area contributed by atoms with E-state index in [9.17, 15) is 9.59 Å². The monoisotopic (exact) mass is 472 g/mol. The second-order valence-electron chi connectivity index (χ2n) is 6.78. The summed E-state index contributed by atoms with van der Waals surface area (Å²) in [5, 5.41) is 8.23. The van der Waals surface area contributed by atoms with Gasteiger partial charge in [-0.25, -0.2) is 0 Å². The van der Waals surface area contributed by atoms with Gasteiger partial charge in [-0.15, -0.1) is 11.3 Å². The number of thiophene rings is 1. The number of halogens is 1. The van der Waals surface area contributed by atoms with Crippen LogP contribution in [0.3, 0.4) is 0 Å². The van der Waals surface area contributed by atoms with Crippen LogP contribution in [-0.2, 0) is 4.79 Å². The van der Waals surface area contributed by atoms with Gasteiger partial charge in [-0.05, 0) is 61.2 Å². The summed E-state index contributed by atoms with van der Waals surface area (Å²) < 4.78 is 11.1. The quantitative estimate of drug-likeness (QED) is 0.443. The van der Waals surface area contributed by atoms with Crippen LogP contribution in [0.25, 0.3) is 0 Å². The highest BCUT2D eigenvalue weighted by molar-refractivity contribution is 7.10. The number of amides is 2. The SMILES string of the molecule is CCOc1ccc(C(=O)NCC(=O)NC(c2ccc(Cl)cc2)c2cccs2)cc1OCC. The fourth-order valence-corrected chi connectivity index (χ4v) is 4.02. The van der Waals surface area contributed by atoms with E-state index in [0.29, 0.717) is 35.3 Å². The Kier molecular flexibility index (Phi) is 8.53. The van der Waals surface area contributed by atoms with Gasteiger partial charge in [0.1, 0.15) is 0 Å². The van der Waals surface area contributed by atoms with Crippen molar-refractivity contribution < 1.29 is 19.1 Å². The maximum atomic E-state index is 12.6. The molecule has 0 fully saturated rings. The van der Waals surface area contributed by atoms with Gasteiger partial charge < -0.3 is 20.1 Å². The summed E-state index contributed by atoms with van der Waals surface area (Å²) in [4.78, 5) is 26.2. The highest BCUT2D eigenvalue weighted by atomic mass is 35.5. The van der Waals surface area contributed by atoms with Crippen LogP contribution >= 0.6 is 22.9 Å². The van der Waals surface area contributed by atoms with Gasteiger partial charge >= 0.3 is 0 Å². The Morgan fingerprint density at radius 3 is 2.38 bits per heavy atom. The molecule has 3 aromatic rings. The largest absolute Gasteiger partial charge is 0.490 e. The first-order valence-electron chi connectivity index (χ1n) is 10.3. The van der Waals surface area contributed by atoms with Gasteiger partial charge in [0.05, 0.1) is 25.8 Å². The summed E-state index contributed by atoms with van der Waals surface area (Å²) in [5.74, 6) is 0.392. The molecule has 1 aromatic heterocycles. The zero-order valence-corrected chi connectivity index (χ0v) is 19.5. The summed E-state index contributed by atoms with van der Waals surface area (Å²) in [7, 11) is 0. The standard InChI is InChI=1S/C24H25ClN2O4S/c1-3-30-19-12-9-17(14-20(19)31-4-2)24(29)26-15-22(28)27-23(21-6-5-13-32-21)16-7-10-18(25)11-8-16/h5-14,23H,3-4,15H2,1-2H3,(H,26,29)(H,27,28). The smallest absolute Gasteiger partial charge is 0.251 e.